The molecule has 5 nitrogen and oxygen atoms in total. The highest BCUT2D eigenvalue weighted by Gasteiger charge is 2.07. The molecule has 144 valence electrons. The van der Waals surface area contributed by atoms with Gasteiger partial charge in [0.05, 0.1) is 24.3 Å². The van der Waals surface area contributed by atoms with E-state index < -0.39 is 0 Å². The number of thioether (sulfide) groups is 1. The van der Waals surface area contributed by atoms with Crippen molar-refractivity contribution in [1.29, 1.82) is 0 Å². The molecule has 2 aromatic carbocycles. The first-order valence-electron chi connectivity index (χ1n) is 9.19. The van der Waals surface area contributed by atoms with Gasteiger partial charge in [-0.1, -0.05) is 66.4 Å². The summed E-state index contributed by atoms with van der Waals surface area (Å²) in [6.45, 7) is 0.385. The summed E-state index contributed by atoms with van der Waals surface area (Å²) in [7, 11) is 0. The molecule has 4 aromatic rings. The van der Waals surface area contributed by atoms with Crippen molar-refractivity contribution < 1.29 is 9.21 Å². The number of aromatic nitrogens is 2. The number of nitrogens with zero attached hydrogens (tertiary/aromatic N) is 2. The predicted octanol–water partition coefficient (Wildman–Crippen LogP) is 4.81. The van der Waals surface area contributed by atoms with Gasteiger partial charge in [-0.3, -0.25) is 4.79 Å². The molecule has 4 rings (SSSR count). The second kappa shape index (κ2) is 9.21. The molecular weight excluding hydrogens is 382 g/mol. The van der Waals surface area contributed by atoms with Crippen LogP contribution in [-0.2, 0) is 11.3 Å². The predicted molar refractivity (Wildman–Crippen MR) is 114 cm³/mol. The Hall–Kier alpha value is -3.38. The Morgan fingerprint density at radius 1 is 0.828 bits per heavy atom. The minimum absolute atomic E-state index is 0.0752. The first-order chi connectivity index (χ1) is 14.3. The average Bonchev–Trinajstić information content (AvgIpc) is 3.31. The van der Waals surface area contributed by atoms with Crippen molar-refractivity contribution >= 4 is 17.7 Å². The lowest BCUT2D eigenvalue weighted by molar-refractivity contribution is -0.118. The monoisotopic (exact) mass is 401 g/mol. The van der Waals surface area contributed by atoms with Gasteiger partial charge in [-0.15, -0.1) is 10.2 Å². The first-order valence-corrected chi connectivity index (χ1v) is 10.2. The zero-order valence-corrected chi connectivity index (χ0v) is 16.4. The van der Waals surface area contributed by atoms with Gasteiger partial charge in [-0.05, 0) is 35.4 Å². The van der Waals surface area contributed by atoms with Gasteiger partial charge in [0, 0.05) is 5.56 Å². The molecular formula is C23H19N3O2S. The topological polar surface area (TPSA) is 68.0 Å². The molecule has 0 bridgehead atoms. The summed E-state index contributed by atoms with van der Waals surface area (Å²) in [6.07, 6.45) is 1.59. The number of furan rings is 1. The van der Waals surface area contributed by atoms with Crippen molar-refractivity contribution in [2.75, 3.05) is 5.75 Å². The molecule has 2 aromatic heterocycles. The molecule has 0 atom stereocenters. The Morgan fingerprint density at radius 2 is 1.59 bits per heavy atom. The van der Waals surface area contributed by atoms with E-state index in [2.05, 4.69) is 39.8 Å². The summed E-state index contributed by atoms with van der Waals surface area (Å²) in [6, 6.07) is 25.9. The Kier molecular flexibility index (Phi) is 6.02. The highest BCUT2D eigenvalue weighted by atomic mass is 32.2. The Balaban J connectivity index is 1.32. The van der Waals surface area contributed by atoms with Crippen LogP contribution in [-0.4, -0.2) is 21.9 Å². The first kappa shape index (κ1) is 19.0. The number of nitrogens with one attached hydrogen (secondary N) is 1. The van der Waals surface area contributed by atoms with Gasteiger partial charge in [0.15, 0.2) is 0 Å². The van der Waals surface area contributed by atoms with Gasteiger partial charge in [-0.25, -0.2) is 0 Å². The van der Waals surface area contributed by atoms with Crippen molar-refractivity contribution in [3.8, 4) is 22.4 Å². The van der Waals surface area contributed by atoms with Crippen LogP contribution in [0.15, 0.2) is 94.6 Å². The summed E-state index contributed by atoms with van der Waals surface area (Å²) in [5.74, 6) is 0.931. The highest BCUT2D eigenvalue weighted by Crippen LogP contribution is 2.24. The average molecular weight is 401 g/mol. The molecule has 0 saturated carbocycles. The molecule has 0 unspecified atom stereocenters. The van der Waals surface area contributed by atoms with Crippen LogP contribution in [0.5, 0.6) is 0 Å². The number of rotatable bonds is 7. The SMILES string of the molecule is O=C(CSc1ccc(-c2ccc(-c3ccccc3)cc2)nn1)NCc1ccco1. The molecule has 0 aliphatic carbocycles. The summed E-state index contributed by atoms with van der Waals surface area (Å²) in [4.78, 5) is 11.9. The number of hydrogen-bond donors (Lipinski definition) is 1. The van der Waals surface area contributed by atoms with Crippen LogP contribution in [0.2, 0.25) is 0 Å². The normalized spacial score (nSPS) is 10.6. The lowest BCUT2D eigenvalue weighted by Crippen LogP contribution is -2.24. The molecule has 29 heavy (non-hydrogen) atoms. The molecule has 1 amide bonds. The van der Waals surface area contributed by atoms with Gasteiger partial charge >= 0.3 is 0 Å². The molecule has 0 aliphatic rings. The lowest BCUT2D eigenvalue weighted by atomic mass is 10.0. The van der Waals surface area contributed by atoms with Crippen LogP contribution >= 0.6 is 11.8 Å². The fourth-order valence-electron chi connectivity index (χ4n) is 2.80. The Bertz CT molecular complexity index is 1050. The third-order valence-corrected chi connectivity index (χ3v) is 5.24. The smallest absolute Gasteiger partial charge is 0.230 e. The summed E-state index contributed by atoms with van der Waals surface area (Å²) < 4.78 is 5.19. The minimum atomic E-state index is -0.0752. The molecule has 2 heterocycles. The van der Waals surface area contributed by atoms with Crippen molar-refractivity contribution in [3.63, 3.8) is 0 Å². The number of carbonyl (C=O) groups is 1. The third-order valence-electron chi connectivity index (χ3n) is 4.32. The second-order valence-corrected chi connectivity index (χ2v) is 7.34. The molecule has 1 N–H and O–H groups in total. The third kappa shape index (κ3) is 5.12. The van der Waals surface area contributed by atoms with Crippen molar-refractivity contribution in [1.82, 2.24) is 15.5 Å². The van der Waals surface area contributed by atoms with Crippen molar-refractivity contribution in [2.45, 2.75) is 11.6 Å². The van der Waals surface area contributed by atoms with Crippen LogP contribution in [0.4, 0.5) is 0 Å². The highest BCUT2D eigenvalue weighted by molar-refractivity contribution is 7.99. The molecule has 0 spiro atoms. The van der Waals surface area contributed by atoms with E-state index in [-0.39, 0.29) is 11.7 Å². The molecule has 0 aliphatic heterocycles. The van der Waals surface area contributed by atoms with Crippen LogP contribution in [0.25, 0.3) is 22.4 Å². The van der Waals surface area contributed by atoms with E-state index in [9.17, 15) is 4.79 Å². The minimum Gasteiger partial charge on any atom is -0.467 e. The van der Waals surface area contributed by atoms with E-state index in [1.807, 2.05) is 48.5 Å². The second-order valence-electron chi connectivity index (χ2n) is 6.34. The van der Waals surface area contributed by atoms with E-state index in [4.69, 9.17) is 4.42 Å². The maximum absolute atomic E-state index is 11.9. The van der Waals surface area contributed by atoms with Gasteiger partial charge in [-0.2, -0.15) is 0 Å². The fourth-order valence-corrected chi connectivity index (χ4v) is 3.45. The van der Waals surface area contributed by atoms with Crippen LogP contribution in [0.1, 0.15) is 5.76 Å². The van der Waals surface area contributed by atoms with E-state index in [1.165, 1.54) is 17.3 Å². The van der Waals surface area contributed by atoms with E-state index in [1.54, 1.807) is 12.3 Å². The van der Waals surface area contributed by atoms with Gasteiger partial charge in [0.2, 0.25) is 5.91 Å². The van der Waals surface area contributed by atoms with E-state index in [0.717, 1.165) is 22.6 Å². The van der Waals surface area contributed by atoms with Crippen molar-refractivity contribution in [2.24, 2.45) is 0 Å². The van der Waals surface area contributed by atoms with Crippen LogP contribution in [0, 0.1) is 0 Å². The molecule has 6 heteroatoms. The van der Waals surface area contributed by atoms with Gasteiger partial charge in [0.25, 0.3) is 0 Å². The molecule has 0 fully saturated rings. The van der Waals surface area contributed by atoms with E-state index >= 15 is 0 Å². The molecule has 0 saturated heterocycles. The summed E-state index contributed by atoms with van der Waals surface area (Å²) in [5, 5.41) is 12.1. The lowest BCUT2D eigenvalue weighted by Gasteiger charge is -2.05. The Morgan fingerprint density at radius 3 is 2.28 bits per heavy atom. The maximum Gasteiger partial charge on any atom is 0.230 e. The standard InChI is InChI=1S/C23H19N3O2S/c27-22(24-15-20-7-4-14-28-20)16-29-23-13-12-21(25-26-23)19-10-8-18(9-11-19)17-5-2-1-3-6-17/h1-14H,15-16H2,(H,24,27). The summed E-state index contributed by atoms with van der Waals surface area (Å²) in [5.41, 5.74) is 4.15. The summed E-state index contributed by atoms with van der Waals surface area (Å²) >= 11 is 1.35. The zero-order chi connectivity index (χ0) is 19.9. The van der Waals surface area contributed by atoms with E-state index in [0.29, 0.717) is 11.6 Å². The largest absolute Gasteiger partial charge is 0.467 e. The van der Waals surface area contributed by atoms with Crippen LogP contribution in [0.3, 0.4) is 0 Å². The quantitative estimate of drug-likeness (QED) is 0.450. The molecule has 0 radical (unpaired) electrons. The van der Waals surface area contributed by atoms with Crippen molar-refractivity contribution in [3.05, 3.63) is 90.9 Å². The Labute approximate surface area is 173 Å². The number of carbonyl (C=O) groups excluding carboxylic acids is 1. The zero-order valence-electron chi connectivity index (χ0n) is 15.6. The fraction of sp³-hybridized carbons (Fsp3) is 0.0870. The maximum atomic E-state index is 11.9. The number of benzene rings is 2. The number of amides is 1. The number of hydrogen-bond acceptors (Lipinski definition) is 5. The van der Waals surface area contributed by atoms with Crippen LogP contribution < -0.4 is 5.32 Å². The van der Waals surface area contributed by atoms with Gasteiger partial charge < -0.3 is 9.73 Å². The van der Waals surface area contributed by atoms with Gasteiger partial charge in [0.1, 0.15) is 10.8 Å².